The van der Waals surface area contributed by atoms with Crippen molar-refractivity contribution in [3.05, 3.63) is 27.4 Å². The highest BCUT2D eigenvalue weighted by Gasteiger charge is 2.32. The van der Waals surface area contributed by atoms with E-state index in [1.165, 1.54) is 0 Å². The van der Waals surface area contributed by atoms with Crippen LogP contribution in [-0.4, -0.2) is 30.1 Å². The third-order valence-electron chi connectivity index (χ3n) is 2.00. The Hall–Kier alpha value is -2.32. The average Bonchev–Trinajstić information content (AvgIpc) is 2.35. The number of nitro groups is 1. The van der Waals surface area contributed by atoms with Gasteiger partial charge in [0.05, 0.1) is 19.1 Å². The van der Waals surface area contributed by atoms with Crippen LogP contribution in [0.4, 0.5) is 14.5 Å². The van der Waals surface area contributed by atoms with Crippen LogP contribution >= 0.6 is 0 Å². The molecule has 0 amide bonds. The van der Waals surface area contributed by atoms with Gasteiger partial charge in [0.2, 0.25) is 5.88 Å². The molecule has 0 aliphatic rings. The summed E-state index contributed by atoms with van der Waals surface area (Å²) in [7, 11) is 2.10. The lowest BCUT2D eigenvalue weighted by Gasteiger charge is -2.08. The highest BCUT2D eigenvalue weighted by atomic mass is 19.3. The molecule has 1 aromatic heterocycles. The van der Waals surface area contributed by atoms with Gasteiger partial charge in [-0.2, -0.15) is 0 Å². The van der Waals surface area contributed by atoms with Crippen molar-refractivity contribution < 1.29 is 28.0 Å². The van der Waals surface area contributed by atoms with E-state index in [-0.39, 0.29) is 5.88 Å². The van der Waals surface area contributed by atoms with Crippen LogP contribution in [0.25, 0.3) is 0 Å². The van der Waals surface area contributed by atoms with E-state index in [0.29, 0.717) is 0 Å². The van der Waals surface area contributed by atoms with Gasteiger partial charge < -0.3 is 9.47 Å². The van der Waals surface area contributed by atoms with Crippen molar-refractivity contribution in [2.45, 2.75) is 6.43 Å². The number of aromatic nitrogens is 1. The predicted molar refractivity (Wildman–Crippen MR) is 53.7 cm³/mol. The van der Waals surface area contributed by atoms with Crippen LogP contribution in [0.15, 0.2) is 6.07 Å². The summed E-state index contributed by atoms with van der Waals surface area (Å²) in [6.45, 7) is 0. The van der Waals surface area contributed by atoms with Gasteiger partial charge in [0.1, 0.15) is 5.56 Å². The van der Waals surface area contributed by atoms with Crippen LogP contribution in [-0.2, 0) is 4.74 Å². The number of alkyl halides is 2. The molecular formula is C9H8F2N2O5. The summed E-state index contributed by atoms with van der Waals surface area (Å²) in [6, 6.07) is 0.871. The second-order valence-electron chi connectivity index (χ2n) is 3.00. The van der Waals surface area contributed by atoms with Gasteiger partial charge in [0, 0.05) is 6.07 Å². The number of carbonyl (C=O) groups excluding carboxylic acids is 1. The van der Waals surface area contributed by atoms with Crippen molar-refractivity contribution in [3.63, 3.8) is 0 Å². The zero-order valence-electron chi connectivity index (χ0n) is 9.35. The van der Waals surface area contributed by atoms with Crippen molar-refractivity contribution >= 4 is 11.7 Å². The number of esters is 1. The van der Waals surface area contributed by atoms with Crippen LogP contribution < -0.4 is 4.74 Å². The Bertz CT molecular complexity index is 492. The molecule has 18 heavy (non-hydrogen) atoms. The van der Waals surface area contributed by atoms with E-state index in [2.05, 4.69) is 14.5 Å². The Labute approximate surface area is 99.5 Å². The van der Waals surface area contributed by atoms with Gasteiger partial charge in [0.15, 0.2) is 5.69 Å². The molecule has 0 bridgehead atoms. The minimum Gasteiger partial charge on any atom is -0.481 e. The molecule has 7 nitrogen and oxygen atoms in total. The third-order valence-corrected chi connectivity index (χ3v) is 2.00. The Balaban J connectivity index is 3.60. The first kappa shape index (κ1) is 13.7. The van der Waals surface area contributed by atoms with E-state index < -0.39 is 34.3 Å². The molecule has 9 heteroatoms. The SMILES string of the molecule is COC(=O)c1cc(OC)nc(C(F)F)c1[N+](=O)[O-]. The quantitative estimate of drug-likeness (QED) is 0.466. The zero-order chi connectivity index (χ0) is 13.9. The van der Waals surface area contributed by atoms with Crippen LogP contribution in [0.1, 0.15) is 22.5 Å². The molecule has 0 fully saturated rings. The molecule has 0 N–H and O–H groups in total. The topological polar surface area (TPSA) is 91.6 Å². The Morgan fingerprint density at radius 1 is 1.50 bits per heavy atom. The first-order valence-electron chi connectivity index (χ1n) is 4.52. The lowest BCUT2D eigenvalue weighted by Crippen LogP contribution is -2.11. The number of halogens is 2. The molecule has 0 aromatic carbocycles. The first-order valence-corrected chi connectivity index (χ1v) is 4.52. The molecule has 0 unspecified atom stereocenters. The fourth-order valence-electron chi connectivity index (χ4n) is 1.25. The van der Waals surface area contributed by atoms with Gasteiger partial charge in [-0.25, -0.2) is 18.6 Å². The van der Waals surface area contributed by atoms with Gasteiger partial charge in [-0.05, 0) is 0 Å². The normalized spacial score (nSPS) is 10.3. The van der Waals surface area contributed by atoms with E-state index >= 15 is 0 Å². The summed E-state index contributed by atoms with van der Waals surface area (Å²) < 4.78 is 34.2. The fraction of sp³-hybridized carbons (Fsp3) is 0.333. The number of carbonyl (C=O) groups is 1. The van der Waals surface area contributed by atoms with Gasteiger partial charge in [-0.15, -0.1) is 0 Å². The lowest BCUT2D eigenvalue weighted by atomic mass is 10.1. The number of hydrogen-bond donors (Lipinski definition) is 0. The predicted octanol–water partition coefficient (Wildman–Crippen LogP) is 1.72. The second kappa shape index (κ2) is 5.34. The maximum atomic E-state index is 12.7. The maximum Gasteiger partial charge on any atom is 0.345 e. The summed E-state index contributed by atoms with van der Waals surface area (Å²) in [6.07, 6.45) is -3.22. The van der Waals surface area contributed by atoms with Crippen LogP contribution in [0, 0.1) is 10.1 Å². The second-order valence-corrected chi connectivity index (χ2v) is 3.00. The highest BCUT2D eigenvalue weighted by molar-refractivity contribution is 5.94. The molecule has 0 radical (unpaired) electrons. The standard InChI is InChI=1S/C9H8F2N2O5/c1-17-5-3-4(9(14)18-2)7(13(15)16)6(12-5)8(10)11/h3,8H,1-2H3. The van der Waals surface area contributed by atoms with Gasteiger partial charge in [-0.1, -0.05) is 0 Å². The molecule has 0 saturated heterocycles. The Morgan fingerprint density at radius 3 is 2.50 bits per heavy atom. The maximum absolute atomic E-state index is 12.7. The number of pyridine rings is 1. The summed E-state index contributed by atoms with van der Waals surface area (Å²) in [5, 5.41) is 10.8. The lowest BCUT2D eigenvalue weighted by molar-refractivity contribution is -0.387. The molecule has 1 rings (SSSR count). The van der Waals surface area contributed by atoms with Crippen molar-refractivity contribution in [2.24, 2.45) is 0 Å². The Morgan fingerprint density at radius 2 is 2.11 bits per heavy atom. The van der Waals surface area contributed by atoms with Crippen molar-refractivity contribution in [1.29, 1.82) is 0 Å². The summed E-state index contributed by atoms with van der Waals surface area (Å²) >= 11 is 0. The summed E-state index contributed by atoms with van der Waals surface area (Å²) in [5.74, 6) is -1.46. The average molecular weight is 262 g/mol. The minimum atomic E-state index is -3.22. The van der Waals surface area contributed by atoms with Crippen molar-refractivity contribution in [1.82, 2.24) is 4.98 Å². The molecule has 0 atom stereocenters. The smallest absolute Gasteiger partial charge is 0.345 e. The first-order chi connectivity index (χ1) is 8.42. The monoisotopic (exact) mass is 262 g/mol. The molecule has 98 valence electrons. The van der Waals surface area contributed by atoms with Gasteiger partial charge in [0.25, 0.3) is 6.43 Å². The Kier molecular flexibility index (Phi) is 4.08. The molecule has 0 saturated carbocycles. The summed E-state index contributed by atoms with van der Waals surface area (Å²) in [4.78, 5) is 24.2. The molecule has 1 heterocycles. The van der Waals surface area contributed by atoms with Gasteiger partial charge >= 0.3 is 11.7 Å². The van der Waals surface area contributed by atoms with E-state index in [1.807, 2.05) is 0 Å². The molecule has 0 aliphatic carbocycles. The number of hydrogen-bond acceptors (Lipinski definition) is 6. The van der Waals surface area contributed by atoms with Crippen LogP contribution in [0.3, 0.4) is 0 Å². The largest absolute Gasteiger partial charge is 0.481 e. The number of nitrogens with zero attached hydrogens (tertiary/aromatic N) is 2. The van der Waals surface area contributed by atoms with Crippen molar-refractivity contribution in [3.8, 4) is 5.88 Å². The molecule has 0 aliphatic heterocycles. The zero-order valence-corrected chi connectivity index (χ0v) is 9.35. The van der Waals surface area contributed by atoms with Crippen LogP contribution in [0.5, 0.6) is 5.88 Å². The van der Waals surface area contributed by atoms with Crippen molar-refractivity contribution in [2.75, 3.05) is 14.2 Å². The van der Waals surface area contributed by atoms with E-state index in [4.69, 9.17) is 0 Å². The van der Waals surface area contributed by atoms with Gasteiger partial charge in [-0.3, -0.25) is 10.1 Å². The van der Waals surface area contributed by atoms with E-state index in [9.17, 15) is 23.7 Å². The fourth-order valence-corrected chi connectivity index (χ4v) is 1.25. The highest BCUT2D eigenvalue weighted by Crippen LogP contribution is 2.33. The minimum absolute atomic E-state index is 0.337. The number of rotatable bonds is 4. The summed E-state index contributed by atoms with van der Waals surface area (Å²) in [5.41, 5.74) is -2.86. The van der Waals surface area contributed by atoms with Crippen LogP contribution in [0.2, 0.25) is 0 Å². The molecular weight excluding hydrogens is 254 g/mol. The molecule has 0 spiro atoms. The number of ether oxygens (including phenoxy) is 2. The van der Waals surface area contributed by atoms with E-state index in [1.54, 1.807) is 0 Å². The third kappa shape index (κ3) is 2.50. The van der Waals surface area contributed by atoms with E-state index in [0.717, 1.165) is 20.3 Å². The number of methoxy groups -OCH3 is 2. The molecule has 1 aromatic rings.